The molecule has 1 aromatic heterocycles. The Hall–Kier alpha value is -1.94. The quantitative estimate of drug-likeness (QED) is 0.858. The van der Waals surface area contributed by atoms with Crippen LogP contribution in [0.25, 0.3) is 0 Å². The maximum atomic E-state index is 6.05. The number of benzene rings is 1. The maximum Gasteiger partial charge on any atom is 0.229 e. The lowest BCUT2D eigenvalue weighted by atomic mass is 10.0. The highest BCUT2D eigenvalue weighted by Gasteiger charge is 2.16. The van der Waals surface area contributed by atoms with Crippen molar-refractivity contribution in [1.82, 2.24) is 4.98 Å². The minimum absolute atomic E-state index is 0.303. The summed E-state index contributed by atoms with van der Waals surface area (Å²) in [4.78, 5) is 4.76. The second-order valence-electron chi connectivity index (χ2n) is 5.42. The predicted molar refractivity (Wildman–Crippen MR) is 90.2 cm³/mol. The number of ether oxygens (including phenoxy) is 1. The molecule has 4 heteroatoms. The van der Waals surface area contributed by atoms with Gasteiger partial charge in [-0.15, -0.1) is 0 Å². The number of para-hydroxylation sites is 1. The van der Waals surface area contributed by atoms with Crippen LogP contribution in [-0.4, -0.2) is 9.97 Å². The van der Waals surface area contributed by atoms with Gasteiger partial charge >= 0.3 is 0 Å². The molecule has 0 atom stereocenters. The summed E-state index contributed by atoms with van der Waals surface area (Å²) in [5, 5.41) is 0. The average molecular weight is 300 g/mol. The van der Waals surface area contributed by atoms with Gasteiger partial charge in [-0.05, 0) is 43.0 Å². The molecular weight excluding hydrogens is 280 g/mol. The van der Waals surface area contributed by atoms with E-state index in [9.17, 15) is 0 Å². The topological polar surface area (TPSA) is 48.1 Å². The Balaban J connectivity index is 2.52. The smallest absolute Gasteiger partial charge is 0.229 e. The van der Waals surface area contributed by atoms with E-state index < -0.39 is 0 Å². The zero-order valence-corrected chi connectivity index (χ0v) is 13.6. The Bertz CT molecular complexity index is 680. The van der Waals surface area contributed by atoms with Gasteiger partial charge in [0, 0.05) is 5.69 Å². The molecule has 0 aliphatic carbocycles. The van der Waals surface area contributed by atoms with Crippen molar-refractivity contribution in [2.24, 2.45) is 5.73 Å². The Labute approximate surface area is 131 Å². The van der Waals surface area contributed by atoms with E-state index in [0.717, 1.165) is 22.6 Å². The summed E-state index contributed by atoms with van der Waals surface area (Å²) in [5.74, 6) is 1.64. The van der Waals surface area contributed by atoms with E-state index in [4.69, 9.17) is 22.7 Å². The Kier molecular flexibility index (Phi) is 4.58. The Morgan fingerprint density at radius 2 is 1.90 bits per heavy atom. The number of aryl methyl sites for hydroxylation is 2. The first kappa shape index (κ1) is 15.4. The molecule has 110 valence electrons. The van der Waals surface area contributed by atoms with Gasteiger partial charge in [-0.3, -0.25) is 0 Å². The van der Waals surface area contributed by atoms with Crippen molar-refractivity contribution < 1.29 is 4.74 Å². The fourth-order valence-electron chi connectivity index (χ4n) is 2.33. The number of nitrogens with two attached hydrogens (primary N) is 1. The summed E-state index contributed by atoms with van der Waals surface area (Å²) in [5.41, 5.74) is 9.52. The molecule has 1 aromatic carbocycles. The summed E-state index contributed by atoms with van der Waals surface area (Å²) in [6.07, 6.45) is 0. The normalized spacial score (nSPS) is 10.7. The van der Waals surface area contributed by atoms with Crippen LogP contribution >= 0.6 is 12.2 Å². The standard InChI is InChI=1S/C17H20N2OS/c1-10(2)13-7-5-6-8-14(13)20-17-15(16(18)21)11(3)9-12(4)19-17/h5-10H,1-4H3,(H2,18,21). The van der Waals surface area contributed by atoms with E-state index in [1.165, 1.54) is 0 Å². The molecule has 2 N–H and O–H groups in total. The van der Waals surface area contributed by atoms with Crippen LogP contribution in [0.4, 0.5) is 0 Å². The molecule has 0 fully saturated rings. The van der Waals surface area contributed by atoms with Crippen molar-refractivity contribution in [3.63, 3.8) is 0 Å². The zero-order valence-electron chi connectivity index (χ0n) is 12.8. The molecular formula is C17H20N2OS. The molecule has 0 spiro atoms. The summed E-state index contributed by atoms with van der Waals surface area (Å²) >= 11 is 5.14. The fourth-order valence-corrected chi connectivity index (χ4v) is 2.58. The average Bonchev–Trinajstić information content (AvgIpc) is 2.37. The van der Waals surface area contributed by atoms with Crippen LogP contribution in [0.3, 0.4) is 0 Å². The molecule has 0 saturated carbocycles. The van der Waals surface area contributed by atoms with Crippen molar-refractivity contribution in [3.05, 3.63) is 52.7 Å². The first-order valence-corrected chi connectivity index (χ1v) is 7.35. The lowest BCUT2D eigenvalue weighted by Gasteiger charge is -2.16. The van der Waals surface area contributed by atoms with E-state index in [1.54, 1.807) is 0 Å². The third kappa shape index (κ3) is 3.39. The molecule has 3 nitrogen and oxygen atoms in total. The number of pyridine rings is 1. The minimum atomic E-state index is 0.303. The third-order valence-electron chi connectivity index (χ3n) is 3.31. The van der Waals surface area contributed by atoms with Gasteiger partial charge < -0.3 is 10.5 Å². The fraction of sp³-hybridized carbons (Fsp3) is 0.294. The molecule has 1 heterocycles. The zero-order chi connectivity index (χ0) is 15.6. The molecule has 0 bridgehead atoms. The monoisotopic (exact) mass is 300 g/mol. The van der Waals surface area contributed by atoms with Crippen molar-refractivity contribution in [2.75, 3.05) is 0 Å². The van der Waals surface area contributed by atoms with Crippen molar-refractivity contribution in [2.45, 2.75) is 33.6 Å². The molecule has 2 aromatic rings. The first-order chi connectivity index (χ1) is 9.90. The molecule has 0 saturated heterocycles. The molecule has 21 heavy (non-hydrogen) atoms. The molecule has 0 aliphatic heterocycles. The summed E-state index contributed by atoms with van der Waals surface area (Å²) < 4.78 is 6.05. The van der Waals surface area contributed by atoms with Crippen LogP contribution in [0.15, 0.2) is 30.3 Å². The minimum Gasteiger partial charge on any atom is -0.438 e. The first-order valence-electron chi connectivity index (χ1n) is 6.95. The maximum absolute atomic E-state index is 6.05. The molecule has 0 amide bonds. The van der Waals surface area contributed by atoms with E-state index >= 15 is 0 Å². The molecule has 0 unspecified atom stereocenters. The SMILES string of the molecule is Cc1cc(C)c(C(N)=S)c(Oc2ccccc2C(C)C)n1. The van der Waals surface area contributed by atoms with Gasteiger partial charge in [0.25, 0.3) is 0 Å². The van der Waals surface area contributed by atoms with Crippen molar-refractivity contribution in [1.29, 1.82) is 0 Å². The Morgan fingerprint density at radius 3 is 2.52 bits per heavy atom. The molecule has 2 rings (SSSR count). The van der Waals surface area contributed by atoms with E-state index in [0.29, 0.717) is 22.3 Å². The van der Waals surface area contributed by atoms with Crippen LogP contribution < -0.4 is 10.5 Å². The molecule has 0 radical (unpaired) electrons. The molecule has 0 aliphatic rings. The van der Waals surface area contributed by atoms with Crippen LogP contribution in [0.2, 0.25) is 0 Å². The highest BCUT2D eigenvalue weighted by Crippen LogP contribution is 2.32. The third-order valence-corrected chi connectivity index (χ3v) is 3.51. The van der Waals surface area contributed by atoms with Gasteiger partial charge in [0.05, 0.1) is 5.56 Å². The highest BCUT2D eigenvalue weighted by atomic mass is 32.1. The number of hydrogen-bond donors (Lipinski definition) is 1. The highest BCUT2D eigenvalue weighted by molar-refractivity contribution is 7.80. The number of nitrogens with zero attached hydrogens (tertiary/aromatic N) is 1. The van der Waals surface area contributed by atoms with Gasteiger partial charge in [0.1, 0.15) is 10.7 Å². The number of thiocarbonyl (C=S) groups is 1. The van der Waals surface area contributed by atoms with E-state index in [2.05, 4.69) is 24.9 Å². The van der Waals surface area contributed by atoms with Crippen molar-refractivity contribution in [3.8, 4) is 11.6 Å². The van der Waals surface area contributed by atoms with Crippen LogP contribution in [-0.2, 0) is 0 Å². The van der Waals surface area contributed by atoms with Gasteiger partial charge in [0.2, 0.25) is 5.88 Å². The van der Waals surface area contributed by atoms with Crippen LogP contribution in [0.5, 0.6) is 11.6 Å². The summed E-state index contributed by atoms with van der Waals surface area (Å²) in [6.45, 7) is 8.15. The van der Waals surface area contributed by atoms with Crippen LogP contribution in [0, 0.1) is 13.8 Å². The van der Waals surface area contributed by atoms with E-state index in [1.807, 2.05) is 38.1 Å². The van der Waals surface area contributed by atoms with Gasteiger partial charge in [-0.1, -0.05) is 44.3 Å². The van der Waals surface area contributed by atoms with Crippen LogP contribution in [0.1, 0.15) is 42.1 Å². The van der Waals surface area contributed by atoms with Gasteiger partial charge in [0.15, 0.2) is 0 Å². The summed E-state index contributed by atoms with van der Waals surface area (Å²) in [7, 11) is 0. The van der Waals surface area contributed by atoms with Crippen molar-refractivity contribution >= 4 is 17.2 Å². The largest absolute Gasteiger partial charge is 0.438 e. The lowest BCUT2D eigenvalue weighted by molar-refractivity contribution is 0.452. The summed E-state index contributed by atoms with van der Waals surface area (Å²) in [6, 6.07) is 9.91. The predicted octanol–water partition coefficient (Wildman–Crippen LogP) is 4.25. The van der Waals surface area contributed by atoms with E-state index in [-0.39, 0.29) is 0 Å². The lowest BCUT2D eigenvalue weighted by Crippen LogP contribution is -2.14. The number of rotatable bonds is 4. The second kappa shape index (κ2) is 6.22. The number of aromatic nitrogens is 1. The van der Waals surface area contributed by atoms with Gasteiger partial charge in [-0.2, -0.15) is 0 Å². The number of hydrogen-bond acceptors (Lipinski definition) is 3. The van der Waals surface area contributed by atoms with Gasteiger partial charge in [-0.25, -0.2) is 4.98 Å². The second-order valence-corrected chi connectivity index (χ2v) is 5.86. The Morgan fingerprint density at radius 1 is 1.24 bits per heavy atom.